The molecule has 116 valence electrons. The second-order valence-electron chi connectivity index (χ2n) is 4.75. The van der Waals surface area contributed by atoms with Gasteiger partial charge < -0.3 is 14.9 Å². The average Bonchev–Trinajstić information content (AvgIpc) is 2.44. The minimum atomic E-state index is -1.66. The van der Waals surface area contributed by atoms with E-state index in [1.807, 2.05) is 0 Å². The summed E-state index contributed by atoms with van der Waals surface area (Å²) in [5, 5.41) is 17.4. The summed E-state index contributed by atoms with van der Waals surface area (Å²) in [4.78, 5) is 22.1. The predicted octanol–water partition coefficient (Wildman–Crippen LogP) is 2.11. The molecule has 0 aromatic heterocycles. The summed E-state index contributed by atoms with van der Waals surface area (Å²) in [5.74, 6) is -1.94. The van der Waals surface area contributed by atoms with E-state index in [2.05, 4.69) is 11.7 Å². The molecule has 0 aromatic carbocycles. The van der Waals surface area contributed by atoms with Crippen LogP contribution in [-0.2, 0) is 14.3 Å². The van der Waals surface area contributed by atoms with Gasteiger partial charge >= 0.3 is 11.9 Å². The first kappa shape index (κ1) is 18.8. The molecule has 1 atom stereocenters. The third-order valence-electron chi connectivity index (χ3n) is 2.87. The molecule has 20 heavy (non-hydrogen) atoms. The van der Waals surface area contributed by atoms with E-state index in [4.69, 9.17) is 10.2 Å². The third kappa shape index (κ3) is 10.7. The Balaban J connectivity index is 3.55. The molecule has 5 nitrogen and oxygen atoms in total. The number of carbonyl (C=O) groups is 2. The van der Waals surface area contributed by atoms with Gasteiger partial charge in [-0.1, -0.05) is 51.5 Å². The Kier molecular flexibility index (Phi) is 12.0. The van der Waals surface area contributed by atoms with E-state index in [0.29, 0.717) is 0 Å². The minimum Gasteiger partial charge on any atom is -0.393 e. The molecule has 0 rings (SSSR count). The smallest absolute Gasteiger partial charge is 0.345 e. The highest BCUT2D eigenvalue weighted by atomic mass is 16.6. The van der Waals surface area contributed by atoms with Crippen molar-refractivity contribution in [1.29, 1.82) is 0 Å². The van der Waals surface area contributed by atoms with E-state index >= 15 is 0 Å². The average molecular weight is 286 g/mol. The Labute approximate surface area is 120 Å². The molecule has 0 aliphatic carbocycles. The fraction of sp³-hybridized carbons (Fsp3) is 0.733. The molecule has 0 aliphatic rings. The summed E-state index contributed by atoms with van der Waals surface area (Å²) in [6, 6.07) is 0. The lowest BCUT2D eigenvalue weighted by Gasteiger charge is -2.03. The Morgan fingerprint density at radius 3 is 2.30 bits per heavy atom. The van der Waals surface area contributed by atoms with Gasteiger partial charge in [0.25, 0.3) is 0 Å². The molecule has 0 saturated carbocycles. The van der Waals surface area contributed by atoms with E-state index in [0.717, 1.165) is 19.3 Å². The van der Waals surface area contributed by atoms with Crippen molar-refractivity contribution in [1.82, 2.24) is 0 Å². The van der Waals surface area contributed by atoms with Crippen molar-refractivity contribution in [2.45, 2.75) is 64.4 Å². The largest absolute Gasteiger partial charge is 0.393 e. The predicted molar refractivity (Wildman–Crippen MR) is 75.9 cm³/mol. The summed E-state index contributed by atoms with van der Waals surface area (Å²) in [5.41, 5.74) is 0. The van der Waals surface area contributed by atoms with E-state index in [1.54, 1.807) is 6.08 Å². The molecule has 5 heteroatoms. The zero-order chi connectivity index (χ0) is 15.2. The van der Waals surface area contributed by atoms with Crippen LogP contribution in [-0.4, -0.2) is 34.9 Å². The summed E-state index contributed by atoms with van der Waals surface area (Å²) >= 11 is 0. The van der Waals surface area contributed by atoms with Gasteiger partial charge in [-0.2, -0.15) is 0 Å². The summed E-state index contributed by atoms with van der Waals surface area (Å²) in [6.45, 7) is 1.43. The number of rotatable bonds is 11. The fourth-order valence-electron chi connectivity index (χ4n) is 1.67. The Morgan fingerprint density at radius 2 is 1.70 bits per heavy atom. The van der Waals surface area contributed by atoms with Crippen molar-refractivity contribution in [2.75, 3.05) is 6.61 Å². The second kappa shape index (κ2) is 12.8. The van der Waals surface area contributed by atoms with Crippen LogP contribution in [0.3, 0.4) is 0 Å². The van der Waals surface area contributed by atoms with Crippen LogP contribution in [0, 0.1) is 0 Å². The molecule has 0 spiro atoms. The van der Waals surface area contributed by atoms with Crippen LogP contribution in [0.15, 0.2) is 12.2 Å². The van der Waals surface area contributed by atoms with E-state index < -0.39 is 24.6 Å². The van der Waals surface area contributed by atoms with Gasteiger partial charge in [-0.25, -0.2) is 9.59 Å². The van der Waals surface area contributed by atoms with Crippen molar-refractivity contribution >= 4 is 11.9 Å². The first-order valence-corrected chi connectivity index (χ1v) is 7.33. The maximum Gasteiger partial charge on any atom is 0.345 e. The van der Waals surface area contributed by atoms with Crippen molar-refractivity contribution < 1.29 is 24.5 Å². The van der Waals surface area contributed by atoms with Gasteiger partial charge in [0.15, 0.2) is 6.10 Å². The molecule has 1 unspecified atom stereocenters. The zero-order valence-corrected chi connectivity index (χ0v) is 12.2. The molecule has 0 saturated heterocycles. The van der Waals surface area contributed by atoms with E-state index in [9.17, 15) is 9.59 Å². The lowest BCUT2D eigenvalue weighted by atomic mass is 10.1. The highest BCUT2D eigenvalue weighted by Crippen LogP contribution is 2.08. The van der Waals surface area contributed by atoms with Crippen molar-refractivity contribution in [2.24, 2.45) is 0 Å². The number of hydrogen-bond donors (Lipinski definition) is 2. The number of unbranched alkanes of at least 4 members (excludes halogenated alkanes) is 7. The SMILES string of the molecule is CCCCCCCCCC=CC(=O)OC(=O)C(O)CO. The highest BCUT2D eigenvalue weighted by Gasteiger charge is 2.17. The molecular formula is C15H26O5. The van der Waals surface area contributed by atoms with Crippen LogP contribution in [0.2, 0.25) is 0 Å². The number of ether oxygens (including phenoxy) is 1. The highest BCUT2D eigenvalue weighted by molar-refractivity contribution is 5.93. The monoisotopic (exact) mass is 286 g/mol. The van der Waals surface area contributed by atoms with E-state index in [-0.39, 0.29) is 0 Å². The first-order valence-electron chi connectivity index (χ1n) is 7.33. The maximum absolute atomic E-state index is 11.2. The van der Waals surface area contributed by atoms with Crippen molar-refractivity contribution in [3.05, 3.63) is 12.2 Å². The summed E-state index contributed by atoms with van der Waals surface area (Å²) < 4.78 is 4.30. The van der Waals surface area contributed by atoms with Crippen LogP contribution in [0.4, 0.5) is 0 Å². The molecule has 0 heterocycles. The lowest BCUT2D eigenvalue weighted by molar-refractivity contribution is -0.164. The van der Waals surface area contributed by atoms with Crippen molar-refractivity contribution in [3.63, 3.8) is 0 Å². The number of aliphatic hydroxyl groups is 2. The molecule has 0 aliphatic heterocycles. The number of hydrogen-bond acceptors (Lipinski definition) is 5. The third-order valence-corrected chi connectivity index (χ3v) is 2.87. The fourth-order valence-corrected chi connectivity index (χ4v) is 1.67. The second-order valence-corrected chi connectivity index (χ2v) is 4.75. The Morgan fingerprint density at radius 1 is 1.10 bits per heavy atom. The standard InChI is InChI=1S/C15H26O5/c1-2-3-4-5-6-7-8-9-10-11-14(18)20-15(19)13(17)12-16/h10-11,13,16-17H,2-9,12H2,1H3. The number of aliphatic hydroxyl groups excluding tert-OH is 2. The Bertz CT molecular complexity index is 299. The quantitative estimate of drug-likeness (QED) is 0.263. The van der Waals surface area contributed by atoms with Gasteiger partial charge in [-0.15, -0.1) is 0 Å². The van der Waals surface area contributed by atoms with Crippen LogP contribution < -0.4 is 0 Å². The normalized spacial score (nSPS) is 12.6. The summed E-state index contributed by atoms with van der Waals surface area (Å²) in [6.07, 6.45) is 10.4. The maximum atomic E-state index is 11.2. The minimum absolute atomic E-state index is 0.756. The van der Waals surface area contributed by atoms with Gasteiger partial charge in [0, 0.05) is 6.08 Å². The van der Waals surface area contributed by atoms with Gasteiger partial charge in [-0.05, 0) is 12.8 Å². The molecule has 0 radical (unpaired) electrons. The van der Waals surface area contributed by atoms with Crippen LogP contribution in [0.25, 0.3) is 0 Å². The van der Waals surface area contributed by atoms with Gasteiger partial charge in [0.2, 0.25) is 0 Å². The molecule has 2 N–H and O–H groups in total. The number of allylic oxidation sites excluding steroid dienone is 1. The van der Waals surface area contributed by atoms with Gasteiger partial charge in [-0.3, -0.25) is 0 Å². The lowest BCUT2D eigenvalue weighted by Crippen LogP contribution is -2.28. The zero-order valence-electron chi connectivity index (χ0n) is 12.2. The van der Waals surface area contributed by atoms with Gasteiger partial charge in [0.05, 0.1) is 6.61 Å². The molecule has 0 bridgehead atoms. The van der Waals surface area contributed by atoms with Crippen LogP contribution in [0.5, 0.6) is 0 Å². The van der Waals surface area contributed by atoms with E-state index in [1.165, 1.54) is 38.2 Å². The molecule has 0 aromatic rings. The molecule has 0 fully saturated rings. The summed E-state index contributed by atoms with van der Waals surface area (Å²) in [7, 11) is 0. The molecule has 0 amide bonds. The van der Waals surface area contributed by atoms with Gasteiger partial charge in [0.1, 0.15) is 0 Å². The first-order chi connectivity index (χ1) is 9.61. The molecular weight excluding hydrogens is 260 g/mol. The Hall–Kier alpha value is -1.20. The topological polar surface area (TPSA) is 83.8 Å². The van der Waals surface area contributed by atoms with Crippen LogP contribution >= 0.6 is 0 Å². The number of carbonyl (C=O) groups excluding carboxylic acids is 2. The van der Waals surface area contributed by atoms with Crippen molar-refractivity contribution in [3.8, 4) is 0 Å². The van der Waals surface area contributed by atoms with Crippen LogP contribution in [0.1, 0.15) is 58.3 Å². The number of esters is 2.